The molecule has 0 unspecified atom stereocenters. The molecular weight excluding hydrogens is 202 g/mol. The topological polar surface area (TPSA) is 12.0 Å². The molecule has 78 valence electrons. The van der Waals surface area contributed by atoms with Gasteiger partial charge in [0.15, 0.2) is 0 Å². The average molecular weight is 217 g/mol. The standard InChI is InChI=1S/C13H15NS/c1-2-7-14-12(3-1)10-4-5-13-11(9-10)6-8-15-13/h4-6,8-9,12,14H,1-3,7H2/t12-/m0/s1. The van der Waals surface area contributed by atoms with E-state index < -0.39 is 0 Å². The highest BCUT2D eigenvalue weighted by Crippen LogP contribution is 2.28. The maximum atomic E-state index is 3.60. The molecule has 1 nitrogen and oxygen atoms in total. The van der Waals surface area contributed by atoms with E-state index >= 15 is 0 Å². The van der Waals surface area contributed by atoms with Crippen molar-refractivity contribution < 1.29 is 0 Å². The summed E-state index contributed by atoms with van der Waals surface area (Å²) < 4.78 is 1.40. The molecule has 0 spiro atoms. The van der Waals surface area contributed by atoms with Crippen molar-refractivity contribution >= 4 is 21.4 Å². The molecule has 0 bridgehead atoms. The van der Waals surface area contributed by atoms with Crippen molar-refractivity contribution in [1.82, 2.24) is 5.32 Å². The van der Waals surface area contributed by atoms with E-state index in [1.165, 1.54) is 41.5 Å². The van der Waals surface area contributed by atoms with Crippen LogP contribution in [0.4, 0.5) is 0 Å². The zero-order valence-electron chi connectivity index (χ0n) is 8.70. The lowest BCUT2D eigenvalue weighted by Gasteiger charge is -2.23. The monoisotopic (exact) mass is 217 g/mol. The second-order valence-corrected chi connectivity index (χ2v) is 5.17. The molecule has 0 amide bonds. The number of nitrogens with one attached hydrogen (secondary N) is 1. The molecule has 2 aromatic rings. The van der Waals surface area contributed by atoms with Crippen LogP contribution in [0.15, 0.2) is 29.6 Å². The van der Waals surface area contributed by atoms with E-state index in [1.54, 1.807) is 0 Å². The van der Waals surface area contributed by atoms with Crippen molar-refractivity contribution in [2.24, 2.45) is 0 Å². The van der Waals surface area contributed by atoms with Crippen LogP contribution in [-0.4, -0.2) is 6.54 Å². The average Bonchev–Trinajstić information content (AvgIpc) is 2.77. The van der Waals surface area contributed by atoms with Crippen LogP contribution in [0.25, 0.3) is 10.1 Å². The Kier molecular flexibility index (Phi) is 2.47. The second kappa shape index (κ2) is 3.95. The molecule has 1 aromatic carbocycles. The summed E-state index contributed by atoms with van der Waals surface area (Å²) in [6.07, 6.45) is 3.98. The number of rotatable bonds is 1. The predicted molar refractivity (Wildman–Crippen MR) is 66.4 cm³/mol. The highest BCUT2D eigenvalue weighted by atomic mass is 32.1. The van der Waals surface area contributed by atoms with Crippen LogP contribution in [0.5, 0.6) is 0 Å². The van der Waals surface area contributed by atoms with Gasteiger partial charge in [0.25, 0.3) is 0 Å². The van der Waals surface area contributed by atoms with Gasteiger partial charge in [-0.3, -0.25) is 0 Å². The third-order valence-electron chi connectivity index (χ3n) is 3.19. The maximum Gasteiger partial charge on any atom is 0.0342 e. The second-order valence-electron chi connectivity index (χ2n) is 4.22. The van der Waals surface area contributed by atoms with Gasteiger partial charge in [-0.25, -0.2) is 0 Å². The number of thiophene rings is 1. The van der Waals surface area contributed by atoms with E-state index in [2.05, 4.69) is 35.0 Å². The summed E-state index contributed by atoms with van der Waals surface area (Å²) in [4.78, 5) is 0. The van der Waals surface area contributed by atoms with Crippen molar-refractivity contribution in [1.29, 1.82) is 0 Å². The van der Waals surface area contributed by atoms with E-state index in [9.17, 15) is 0 Å². The molecule has 1 aliphatic rings. The fraction of sp³-hybridized carbons (Fsp3) is 0.385. The third kappa shape index (κ3) is 1.80. The van der Waals surface area contributed by atoms with Crippen molar-refractivity contribution in [3.05, 3.63) is 35.2 Å². The van der Waals surface area contributed by atoms with Gasteiger partial charge in [0, 0.05) is 10.7 Å². The molecule has 1 N–H and O–H groups in total. The Labute approximate surface area is 94.1 Å². The van der Waals surface area contributed by atoms with Gasteiger partial charge in [-0.15, -0.1) is 11.3 Å². The Morgan fingerprint density at radius 3 is 3.07 bits per heavy atom. The molecule has 2 heterocycles. The number of benzene rings is 1. The number of hydrogen-bond acceptors (Lipinski definition) is 2. The van der Waals surface area contributed by atoms with Crippen LogP contribution >= 0.6 is 11.3 Å². The minimum atomic E-state index is 0.586. The van der Waals surface area contributed by atoms with Gasteiger partial charge >= 0.3 is 0 Å². The lowest BCUT2D eigenvalue weighted by atomic mass is 9.97. The van der Waals surface area contributed by atoms with E-state index in [0.29, 0.717) is 6.04 Å². The van der Waals surface area contributed by atoms with Gasteiger partial charge in [0.1, 0.15) is 0 Å². The van der Waals surface area contributed by atoms with E-state index in [-0.39, 0.29) is 0 Å². The number of piperidine rings is 1. The van der Waals surface area contributed by atoms with Crippen LogP contribution in [0, 0.1) is 0 Å². The molecule has 0 saturated carbocycles. The zero-order chi connectivity index (χ0) is 10.1. The van der Waals surface area contributed by atoms with Crippen LogP contribution in [0.3, 0.4) is 0 Å². The molecule has 1 aliphatic heterocycles. The fourth-order valence-electron chi connectivity index (χ4n) is 2.34. The van der Waals surface area contributed by atoms with Crippen molar-refractivity contribution in [3.8, 4) is 0 Å². The largest absolute Gasteiger partial charge is 0.310 e. The Balaban J connectivity index is 1.95. The molecule has 1 fully saturated rings. The Bertz CT molecular complexity index is 454. The summed E-state index contributed by atoms with van der Waals surface area (Å²) >= 11 is 1.82. The predicted octanol–water partition coefficient (Wildman–Crippen LogP) is 3.72. The molecule has 0 radical (unpaired) electrons. The van der Waals surface area contributed by atoms with Gasteiger partial charge in [-0.05, 0) is 53.9 Å². The summed E-state index contributed by atoms with van der Waals surface area (Å²) in [5.74, 6) is 0. The van der Waals surface area contributed by atoms with Gasteiger partial charge in [0.05, 0.1) is 0 Å². The van der Waals surface area contributed by atoms with Crippen molar-refractivity contribution in [2.45, 2.75) is 25.3 Å². The molecule has 3 rings (SSSR count). The summed E-state index contributed by atoms with van der Waals surface area (Å²) in [7, 11) is 0. The fourth-order valence-corrected chi connectivity index (χ4v) is 3.11. The highest BCUT2D eigenvalue weighted by Gasteiger charge is 2.14. The maximum absolute atomic E-state index is 3.60. The molecule has 2 heteroatoms. The van der Waals surface area contributed by atoms with Crippen LogP contribution in [0.1, 0.15) is 30.9 Å². The quantitative estimate of drug-likeness (QED) is 0.767. The van der Waals surface area contributed by atoms with Gasteiger partial charge in [0.2, 0.25) is 0 Å². The Hall–Kier alpha value is -0.860. The first kappa shape index (κ1) is 9.37. The first-order valence-corrected chi connectivity index (χ1v) is 6.52. The van der Waals surface area contributed by atoms with E-state index in [4.69, 9.17) is 0 Å². The summed E-state index contributed by atoms with van der Waals surface area (Å²) in [6.45, 7) is 1.17. The van der Waals surface area contributed by atoms with Gasteiger partial charge in [-0.2, -0.15) is 0 Å². The number of hydrogen-bond donors (Lipinski definition) is 1. The normalized spacial score (nSPS) is 22.0. The van der Waals surface area contributed by atoms with Gasteiger partial charge < -0.3 is 5.32 Å². The lowest BCUT2D eigenvalue weighted by Crippen LogP contribution is -2.26. The Morgan fingerprint density at radius 2 is 2.20 bits per heavy atom. The smallest absolute Gasteiger partial charge is 0.0342 e. The SMILES string of the molecule is c1cc2cc([C@@H]3CCCCN3)ccc2s1. The van der Waals surface area contributed by atoms with Crippen LogP contribution in [0.2, 0.25) is 0 Å². The minimum Gasteiger partial charge on any atom is -0.310 e. The highest BCUT2D eigenvalue weighted by molar-refractivity contribution is 7.17. The molecule has 0 aliphatic carbocycles. The molecule has 15 heavy (non-hydrogen) atoms. The third-order valence-corrected chi connectivity index (χ3v) is 4.09. The zero-order valence-corrected chi connectivity index (χ0v) is 9.52. The van der Waals surface area contributed by atoms with Gasteiger partial charge in [-0.1, -0.05) is 12.5 Å². The van der Waals surface area contributed by atoms with Crippen LogP contribution < -0.4 is 5.32 Å². The van der Waals surface area contributed by atoms with Crippen molar-refractivity contribution in [2.75, 3.05) is 6.54 Å². The first-order chi connectivity index (χ1) is 7.43. The molecular formula is C13H15NS. The van der Waals surface area contributed by atoms with Crippen LogP contribution in [-0.2, 0) is 0 Å². The van der Waals surface area contributed by atoms with E-state index in [1.807, 2.05) is 11.3 Å². The van der Waals surface area contributed by atoms with Crippen molar-refractivity contribution in [3.63, 3.8) is 0 Å². The minimum absolute atomic E-state index is 0.586. The molecule has 1 aromatic heterocycles. The summed E-state index contributed by atoms with van der Waals surface area (Å²) in [5.41, 5.74) is 1.46. The number of fused-ring (bicyclic) bond motifs is 1. The first-order valence-electron chi connectivity index (χ1n) is 5.64. The summed E-state index contributed by atoms with van der Waals surface area (Å²) in [5, 5.41) is 7.16. The van der Waals surface area contributed by atoms with E-state index in [0.717, 1.165) is 0 Å². The summed E-state index contributed by atoms with van der Waals surface area (Å²) in [6, 6.07) is 9.68. The molecule has 1 saturated heterocycles. The Morgan fingerprint density at radius 1 is 1.20 bits per heavy atom. The lowest BCUT2D eigenvalue weighted by molar-refractivity contribution is 0.412. The molecule has 1 atom stereocenters.